The quantitative estimate of drug-likeness (QED) is 0.813. The molecule has 2 aromatic rings. The number of carbonyl (C=O) groups is 2. The maximum absolute atomic E-state index is 13.0. The smallest absolute Gasteiger partial charge is 0.228 e. The Morgan fingerprint density at radius 3 is 2.59 bits per heavy atom. The summed E-state index contributed by atoms with van der Waals surface area (Å²) in [7, 11) is 1.98. The molecule has 2 saturated heterocycles. The highest BCUT2D eigenvalue weighted by molar-refractivity contribution is 6.07. The average Bonchev–Trinajstić information content (AvgIpc) is 3.13. The molecule has 4 rings (SSSR count). The number of fused-ring (bicyclic) bond motifs is 1. The van der Waals surface area contributed by atoms with Gasteiger partial charge in [-0.1, -0.05) is 36.4 Å². The lowest BCUT2D eigenvalue weighted by Gasteiger charge is -2.33. The summed E-state index contributed by atoms with van der Waals surface area (Å²) in [6, 6.07) is 14.1. The highest BCUT2D eigenvalue weighted by Gasteiger charge is 2.38. The number of hydrogen-bond acceptors (Lipinski definition) is 3. The highest BCUT2D eigenvalue weighted by atomic mass is 35.5. The van der Waals surface area contributed by atoms with E-state index in [2.05, 4.69) is 17.4 Å². The fourth-order valence-electron chi connectivity index (χ4n) is 4.60. The first kappa shape index (κ1) is 21.6. The maximum atomic E-state index is 13.0. The third kappa shape index (κ3) is 4.57. The molecular weight excluding hydrogens is 386 g/mol. The number of carbonyl (C=O) groups excluding carboxylic acids is 2. The van der Waals surface area contributed by atoms with E-state index in [4.69, 9.17) is 0 Å². The normalized spacial score (nSPS) is 20.2. The Kier molecular flexibility index (Phi) is 7.14. The minimum atomic E-state index is -0.222. The zero-order valence-electron chi connectivity index (χ0n) is 17.0. The third-order valence-corrected chi connectivity index (χ3v) is 6.26. The minimum Gasteiger partial charge on any atom is -0.342 e. The second-order valence-electron chi connectivity index (χ2n) is 8.06. The van der Waals surface area contributed by atoms with Crippen molar-refractivity contribution in [1.82, 2.24) is 10.2 Å². The summed E-state index contributed by atoms with van der Waals surface area (Å²) in [5, 5.41) is 5.39. The molecule has 0 aromatic heterocycles. The number of likely N-dealkylation sites (tertiary alicyclic amines) is 1. The molecule has 2 aliphatic rings. The summed E-state index contributed by atoms with van der Waals surface area (Å²) >= 11 is 0. The van der Waals surface area contributed by atoms with Crippen molar-refractivity contribution in [1.29, 1.82) is 0 Å². The number of nitrogens with zero attached hydrogens (tertiary/aromatic N) is 2. The minimum absolute atomic E-state index is 0. The molecule has 6 heteroatoms. The monoisotopic (exact) mass is 415 g/mol. The summed E-state index contributed by atoms with van der Waals surface area (Å²) < 4.78 is 0. The van der Waals surface area contributed by atoms with E-state index < -0.39 is 0 Å². The Labute approximate surface area is 178 Å². The van der Waals surface area contributed by atoms with E-state index in [0.29, 0.717) is 18.9 Å². The van der Waals surface area contributed by atoms with Crippen LogP contribution in [0.4, 0.5) is 5.69 Å². The lowest BCUT2D eigenvalue weighted by Crippen LogP contribution is -2.42. The summed E-state index contributed by atoms with van der Waals surface area (Å²) in [6.07, 6.45) is 3.64. The van der Waals surface area contributed by atoms with Crippen LogP contribution in [-0.2, 0) is 9.59 Å². The third-order valence-electron chi connectivity index (χ3n) is 6.26. The number of piperidine rings is 1. The van der Waals surface area contributed by atoms with Gasteiger partial charge in [0.1, 0.15) is 0 Å². The van der Waals surface area contributed by atoms with Crippen molar-refractivity contribution >= 4 is 40.7 Å². The van der Waals surface area contributed by atoms with Gasteiger partial charge in [-0.25, -0.2) is 0 Å². The molecule has 0 spiro atoms. The topological polar surface area (TPSA) is 52.7 Å². The van der Waals surface area contributed by atoms with Crippen molar-refractivity contribution in [2.24, 2.45) is 11.8 Å². The number of amides is 2. The molecule has 156 valence electrons. The van der Waals surface area contributed by atoms with Crippen LogP contribution >= 0.6 is 12.4 Å². The van der Waals surface area contributed by atoms with Gasteiger partial charge in [0.15, 0.2) is 0 Å². The zero-order chi connectivity index (χ0) is 19.5. The van der Waals surface area contributed by atoms with Crippen LogP contribution in [0.2, 0.25) is 0 Å². The number of hydrogen-bond donors (Lipinski definition) is 1. The van der Waals surface area contributed by atoms with Gasteiger partial charge in [0.2, 0.25) is 11.8 Å². The highest BCUT2D eigenvalue weighted by Crippen LogP contribution is 2.33. The molecule has 0 bridgehead atoms. The number of rotatable bonds is 5. The van der Waals surface area contributed by atoms with Crippen LogP contribution in [0.3, 0.4) is 0 Å². The zero-order valence-corrected chi connectivity index (χ0v) is 17.8. The van der Waals surface area contributed by atoms with Gasteiger partial charge in [-0.2, -0.15) is 0 Å². The van der Waals surface area contributed by atoms with Gasteiger partial charge in [0, 0.05) is 31.4 Å². The molecule has 2 aliphatic heterocycles. The van der Waals surface area contributed by atoms with Crippen molar-refractivity contribution in [2.75, 3.05) is 38.1 Å². The number of anilines is 1. The lowest BCUT2D eigenvalue weighted by molar-refractivity contribution is -0.137. The van der Waals surface area contributed by atoms with E-state index in [1.807, 2.05) is 47.2 Å². The maximum Gasteiger partial charge on any atom is 0.228 e. The number of nitrogens with one attached hydrogen (secondary N) is 1. The van der Waals surface area contributed by atoms with Gasteiger partial charge in [0.25, 0.3) is 0 Å². The molecule has 2 fully saturated rings. The van der Waals surface area contributed by atoms with Crippen LogP contribution in [0.15, 0.2) is 42.5 Å². The van der Waals surface area contributed by atoms with Crippen LogP contribution in [-0.4, -0.2) is 49.9 Å². The number of halogens is 1. The fraction of sp³-hybridized carbons (Fsp3) is 0.478. The van der Waals surface area contributed by atoms with Gasteiger partial charge in [-0.15, -0.1) is 12.4 Å². The second-order valence-corrected chi connectivity index (χ2v) is 8.06. The Bertz CT molecular complexity index is 859. The molecule has 2 aromatic carbocycles. The summed E-state index contributed by atoms with van der Waals surface area (Å²) in [6.45, 7) is 3.18. The van der Waals surface area contributed by atoms with Gasteiger partial charge >= 0.3 is 0 Å². The van der Waals surface area contributed by atoms with E-state index in [9.17, 15) is 9.59 Å². The molecule has 1 N–H and O–H groups in total. The molecule has 1 atom stereocenters. The van der Waals surface area contributed by atoms with E-state index in [0.717, 1.165) is 48.9 Å². The van der Waals surface area contributed by atoms with Crippen LogP contribution in [0.5, 0.6) is 0 Å². The van der Waals surface area contributed by atoms with Crippen LogP contribution in [0.1, 0.15) is 25.7 Å². The van der Waals surface area contributed by atoms with E-state index in [1.54, 1.807) is 0 Å². The summed E-state index contributed by atoms with van der Waals surface area (Å²) in [5.74, 6) is 0.691. The standard InChI is InChI=1S/C23H29N3O2.ClH/c1-24-12-9-17-10-13-25(14-11-17)23(28)19-15-22(27)26(16-19)21-8-4-6-18-5-2-3-7-20(18)21;/h2-8,17,19,24H,9-16H2,1H3;1H. The van der Waals surface area contributed by atoms with Gasteiger partial charge in [-0.05, 0) is 50.2 Å². The lowest BCUT2D eigenvalue weighted by atomic mass is 9.92. The Morgan fingerprint density at radius 2 is 1.83 bits per heavy atom. The molecular formula is C23H30ClN3O2. The first-order valence-electron chi connectivity index (χ1n) is 10.4. The SMILES string of the molecule is CNCCC1CCN(C(=O)C2CC(=O)N(c3cccc4ccccc34)C2)CC1.Cl. The Hall–Kier alpha value is -2.11. The van der Waals surface area contributed by atoms with E-state index in [1.165, 1.54) is 6.42 Å². The summed E-state index contributed by atoms with van der Waals surface area (Å²) in [4.78, 5) is 29.6. The van der Waals surface area contributed by atoms with Crippen molar-refractivity contribution in [3.63, 3.8) is 0 Å². The largest absolute Gasteiger partial charge is 0.342 e. The molecule has 2 heterocycles. The van der Waals surface area contributed by atoms with Gasteiger partial charge in [0.05, 0.1) is 11.6 Å². The first-order valence-corrected chi connectivity index (χ1v) is 10.4. The fourth-order valence-corrected chi connectivity index (χ4v) is 4.60. The second kappa shape index (κ2) is 9.59. The Balaban J connectivity index is 0.00000240. The predicted molar refractivity (Wildman–Crippen MR) is 120 cm³/mol. The van der Waals surface area contributed by atoms with E-state index >= 15 is 0 Å². The van der Waals surface area contributed by atoms with Crippen LogP contribution in [0, 0.1) is 11.8 Å². The molecule has 0 saturated carbocycles. The first-order chi connectivity index (χ1) is 13.7. The van der Waals surface area contributed by atoms with E-state index in [-0.39, 0.29) is 30.1 Å². The molecule has 1 unspecified atom stereocenters. The Morgan fingerprint density at radius 1 is 1.10 bits per heavy atom. The molecule has 5 nitrogen and oxygen atoms in total. The average molecular weight is 416 g/mol. The van der Waals surface area contributed by atoms with Crippen molar-refractivity contribution in [3.05, 3.63) is 42.5 Å². The molecule has 0 aliphatic carbocycles. The molecule has 29 heavy (non-hydrogen) atoms. The van der Waals surface area contributed by atoms with Crippen molar-refractivity contribution in [2.45, 2.75) is 25.7 Å². The van der Waals surface area contributed by atoms with Crippen LogP contribution < -0.4 is 10.2 Å². The predicted octanol–water partition coefficient (Wildman–Crippen LogP) is 3.46. The van der Waals surface area contributed by atoms with Crippen LogP contribution in [0.25, 0.3) is 10.8 Å². The van der Waals surface area contributed by atoms with Crippen molar-refractivity contribution in [3.8, 4) is 0 Å². The summed E-state index contributed by atoms with van der Waals surface area (Å²) in [5.41, 5.74) is 0.921. The number of benzene rings is 2. The molecule has 0 radical (unpaired) electrons. The molecule has 2 amide bonds. The van der Waals surface area contributed by atoms with Gasteiger partial charge in [-0.3, -0.25) is 9.59 Å². The van der Waals surface area contributed by atoms with Crippen molar-refractivity contribution < 1.29 is 9.59 Å². The van der Waals surface area contributed by atoms with Gasteiger partial charge < -0.3 is 15.1 Å².